The lowest BCUT2D eigenvalue weighted by atomic mass is 10.0. The smallest absolute Gasteiger partial charge is 0.217 e. The van der Waals surface area contributed by atoms with Crippen molar-refractivity contribution >= 4 is 11.6 Å². The highest BCUT2D eigenvalue weighted by molar-refractivity contribution is 6.17. The molecule has 0 atom stereocenters. The molecule has 15 heavy (non-hydrogen) atoms. The van der Waals surface area contributed by atoms with E-state index >= 15 is 0 Å². The van der Waals surface area contributed by atoms with E-state index in [4.69, 9.17) is 16.0 Å². The van der Waals surface area contributed by atoms with E-state index in [0.717, 1.165) is 18.2 Å². The number of aromatic nitrogens is 2. The summed E-state index contributed by atoms with van der Waals surface area (Å²) < 4.78 is 5.48. The van der Waals surface area contributed by atoms with Crippen LogP contribution in [0.5, 0.6) is 0 Å². The molecule has 1 aromatic heterocycles. The molecule has 0 aliphatic heterocycles. The van der Waals surface area contributed by atoms with Gasteiger partial charge < -0.3 is 4.42 Å². The van der Waals surface area contributed by atoms with E-state index in [2.05, 4.69) is 10.2 Å². The van der Waals surface area contributed by atoms with Crippen LogP contribution in [0.1, 0.15) is 43.9 Å². The standard InChI is InChI=1S/C11H17ClN2O/c12-8-7-11-14-13-10(15-11)6-5-9-3-1-2-4-9/h9H,1-8H2. The van der Waals surface area contributed by atoms with Crippen molar-refractivity contribution in [2.75, 3.05) is 5.88 Å². The van der Waals surface area contributed by atoms with Gasteiger partial charge in [0.1, 0.15) is 0 Å². The summed E-state index contributed by atoms with van der Waals surface area (Å²) in [5.74, 6) is 2.88. The molecular formula is C11H17ClN2O. The van der Waals surface area contributed by atoms with Crippen molar-refractivity contribution in [1.82, 2.24) is 10.2 Å². The Bertz CT molecular complexity index is 295. The zero-order valence-corrected chi connectivity index (χ0v) is 9.67. The number of hydrogen-bond donors (Lipinski definition) is 0. The quantitative estimate of drug-likeness (QED) is 0.728. The summed E-state index contributed by atoms with van der Waals surface area (Å²) in [6.07, 6.45) is 8.35. The molecule has 0 unspecified atom stereocenters. The molecule has 0 N–H and O–H groups in total. The first-order chi connectivity index (χ1) is 7.38. The van der Waals surface area contributed by atoms with Crippen molar-refractivity contribution in [3.8, 4) is 0 Å². The molecule has 1 aliphatic carbocycles. The number of nitrogens with zero attached hydrogens (tertiary/aromatic N) is 2. The molecule has 0 radical (unpaired) electrons. The van der Waals surface area contributed by atoms with Crippen molar-refractivity contribution in [3.63, 3.8) is 0 Å². The average Bonchev–Trinajstić information content (AvgIpc) is 2.85. The number of aryl methyl sites for hydroxylation is 2. The highest BCUT2D eigenvalue weighted by Gasteiger charge is 2.16. The first-order valence-electron chi connectivity index (χ1n) is 5.75. The number of hydrogen-bond acceptors (Lipinski definition) is 3. The van der Waals surface area contributed by atoms with Gasteiger partial charge in [0.25, 0.3) is 0 Å². The van der Waals surface area contributed by atoms with Crippen LogP contribution in [0.2, 0.25) is 0 Å². The Morgan fingerprint density at radius 3 is 2.47 bits per heavy atom. The molecule has 0 spiro atoms. The first kappa shape index (κ1) is 10.9. The molecule has 84 valence electrons. The molecule has 1 aromatic rings. The summed E-state index contributed by atoms with van der Waals surface area (Å²) in [4.78, 5) is 0. The zero-order valence-electron chi connectivity index (χ0n) is 8.91. The van der Waals surface area contributed by atoms with Crippen LogP contribution in [-0.2, 0) is 12.8 Å². The van der Waals surface area contributed by atoms with Gasteiger partial charge in [-0.2, -0.15) is 0 Å². The molecule has 0 aromatic carbocycles. The molecule has 0 bridgehead atoms. The molecule has 0 saturated heterocycles. The summed E-state index contributed by atoms with van der Waals surface area (Å²) in [5, 5.41) is 7.97. The van der Waals surface area contributed by atoms with E-state index in [1.807, 2.05) is 0 Å². The fourth-order valence-electron chi connectivity index (χ4n) is 2.20. The summed E-state index contributed by atoms with van der Waals surface area (Å²) in [6.45, 7) is 0. The first-order valence-corrected chi connectivity index (χ1v) is 6.29. The molecular weight excluding hydrogens is 212 g/mol. The van der Waals surface area contributed by atoms with Gasteiger partial charge in [-0.25, -0.2) is 0 Å². The SMILES string of the molecule is ClCCc1nnc(CCC2CCCC2)o1. The third-order valence-electron chi connectivity index (χ3n) is 3.06. The molecule has 2 rings (SSSR count). The van der Waals surface area contributed by atoms with Crippen molar-refractivity contribution in [2.24, 2.45) is 5.92 Å². The molecule has 1 fully saturated rings. The fraction of sp³-hybridized carbons (Fsp3) is 0.818. The summed E-state index contributed by atoms with van der Waals surface area (Å²) >= 11 is 5.60. The highest BCUT2D eigenvalue weighted by Crippen LogP contribution is 2.28. The van der Waals surface area contributed by atoms with E-state index in [0.29, 0.717) is 18.2 Å². The summed E-state index contributed by atoms with van der Waals surface area (Å²) in [6, 6.07) is 0. The Hall–Kier alpha value is -0.570. The van der Waals surface area contributed by atoms with Gasteiger partial charge in [0.05, 0.1) is 0 Å². The maximum absolute atomic E-state index is 5.60. The topological polar surface area (TPSA) is 38.9 Å². The van der Waals surface area contributed by atoms with Crippen LogP contribution in [0.3, 0.4) is 0 Å². The average molecular weight is 229 g/mol. The maximum atomic E-state index is 5.60. The molecule has 3 nitrogen and oxygen atoms in total. The van der Waals surface area contributed by atoms with Gasteiger partial charge >= 0.3 is 0 Å². The molecule has 0 amide bonds. The Morgan fingerprint density at radius 2 is 1.80 bits per heavy atom. The predicted octanol–water partition coefficient (Wildman–Crippen LogP) is 2.97. The summed E-state index contributed by atoms with van der Waals surface area (Å²) in [7, 11) is 0. The largest absolute Gasteiger partial charge is 0.425 e. The van der Waals surface area contributed by atoms with Crippen LogP contribution in [0, 0.1) is 5.92 Å². The van der Waals surface area contributed by atoms with Crippen molar-refractivity contribution in [2.45, 2.75) is 44.9 Å². The van der Waals surface area contributed by atoms with Crippen molar-refractivity contribution in [1.29, 1.82) is 0 Å². The summed E-state index contributed by atoms with van der Waals surface area (Å²) in [5.41, 5.74) is 0. The molecule has 4 heteroatoms. The lowest BCUT2D eigenvalue weighted by molar-refractivity contribution is 0.418. The monoisotopic (exact) mass is 228 g/mol. The molecule has 1 aliphatic rings. The predicted molar refractivity (Wildman–Crippen MR) is 59.0 cm³/mol. The van der Waals surface area contributed by atoms with Crippen LogP contribution in [0.15, 0.2) is 4.42 Å². The van der Waals surface area contributed by atoms with Gasteiger partial charge in [0.2, 0.25) is 11.8 Å². The van der Waals surface area contributed by atoms with Crippen LogP contribution in [0.25, 0.3) is 0 Å². The van der Waals surface area contributed by atoms with Gasteiger partial charge in [-0.1, -0.05) is 25.7 Å². The minimum Gasteiger partial charge on any atom is -0.425 e. The lowest BCUT2D eigenvalue weighted by Gasteiger charge is -2.04. The van der Waals surface area contributed by atoms with Crippen LogP contribution >= 0.6 is 11.6 Å². The Kier molecular flexibility index (Phi) is 4.01. The van der Waals surface area contributed by atoms with Gasteiger partial charge in [-0.05, 0) is 12.3 Å². The Labute approximate surface area is 95.2 Å². The second-order valence-corrected chi connectivity index (χ2v) is 4.60. The third-order valence-corrected chi connectivity index (χ3v) is 3.25. The number of halogens is 1. The Morgan fingerprint density at radius 1 is 1.13 bits per heavy atom. The number of alkyl halides is 1. The maximum Gasteiger partial charge on any atom is 0.217 e. The van der Waals surface area contributed by atoms with E-state index in [9.17, 15) is 0 Å². The van der Waals surface area contributed by atoms with Crippen LogP contribution < -0.4 is 0 Å². The second-order valence-electron chi connectivity index (χ2n) is 4.22. The van der Waals surface area contributed by atoms with Gasteiger partial charge in [-0.3, -0.25) is 0 Å². The van der Waals surface area contributed by atoms with E-state index < -0.39 is 0 Å². The number of rotatable bonds is 5. The van der Waals surface area contributed by atoms with Crippen molar-refractivity contribution < 1.29 is 4.42 Å². The third kappa shape index (κ3) is 3.20. The van der Waals surface area contributed by atoms with Gasteiger partial charge in [0.15, 0.2) is 0 Å². The molecule has 1 saturated carbocycles. The van der Waals surface area contributed by atoms with Crippen LogP contribution in [-0.4, -0.2) is 16.1 Å². The fourth-order valence-corrected chi connectivity index (χ4v) is 2.36. The van der Waals surface area contributed by atoms with Gasteiger partial charge in [0, 0.05) is 18.7 Å². The van der Waals surface area contributed by atoms with Crippen molar-refractivity contribution in [3.05, 3.63) is 11.8 Å². The van der Waals surface area contributed by atoms with E-state index in [1.165, 1.54) is 32.1 Å². The normalized spacial score (nSPS) is 17.4. The van der Waals surface area contributed by atoms with Crippen LogP contribution in [0.4, 0.5) is 0 Å². The minimum absolute atomic E-state index is 0.546. The zero-order chi connectivity index (χ0) is 10.5. The van der Waals surface area contributed by atoms with E-state index in [-0.39, 0.29) is 0 Å². The Balaban J connectivity index is 1.77. The highest BCUT2D eigenvalue weighted by atomic mass is 35.5. The molecule has 1 heterocycles. The van der Waals surface area contributed by atoms with E-state index in [1.54, 1.807) is 0 Å². The van der Waals surface area contributed by atoms with Gasteiger partial charge in [-0.15, -0.1) is 21.8 Å². The second kappa shape index (κ2) is 5.50. The minimum atomic E-state index is 0.546. The lowest BCUT2D eigenvalue weighted by Crippen LogP contribution is -1.96.